The van der Waals surface area contributed by atoms with Crippen molar-refractivity contribution in [2.45, 2.75) is 71.9 Å². The summed E-state index contributed by atoms with van der Waals surface area (Å²) in [7, 11) is 0. The summed E-state index contributed by atoms with van der Waals surface area (Å²) < 4.78 is 0. The molecule has 1 aliphatic carbocycles. The smallest absolute Gasteiger partial charge is 0.108 e. The second-order valence-corrected chi connectivity index (χ2v) is 16.0. The highest BCUT2D eigenvalue weighted by molar-refractivity contribution is 6.23. The van der Waals surface area contributed by atoms with Gasteiger partial charge >= 0.3 is 0 Å². The van der Waals surface area contributed by atoms with Gasteiger partial charge in [-0.25, -0.2) is 0 Å². The van der Waals surface area contributed by atoms with Crippen molar-refractivity contribution < 1.29 is 0 Å². The first-order valence-electron chi connectivity index (χ1n) is 19.6. The molecule has 1 atom stereocenters. The Morgan fingerprint density at radius 3 is 1.89 bits per heavy atom. The van der Waals surface area contributed by atoms with E-state index in [0.29, 0.717) is 17.7 Å². The molecule has 8 rings (SSSR count). The summed E-state index contributed by atoms with van der Waals surface area (Å²) in [6.45, 7) is 15.7. The molecule has 1 aliphatic heterocycles. The summed E-state index contributed by atoms with van der Waals surface area (Å²) in [6.07, 6.45) is 14.0. The summed E-state index contributed by atoms with van der Waals surface area (Å²) in [6, 6.07) is 40.6. The first-order chi connectivity index (χ1) is 26.6. The Hall–Kier alpha value is -6.00. The normalized spacial score (nSPS) is 15.9. The molecule has 2 aliphatic rings. The third-order valence-corrected chi connectivity index (χ3v) is 11.5. The van der Waals surface area contributed by atoms with E-state index in [1.165, 1.54) is 33.4 Å². The SMILES string of the molecule is C/C=C\C=C(/N)N(c1ccc(C(C)C)cc1)c1c2ccccc2c(N(c2ccc(C(C)C)cc2)C2C=CC=C[N-]2)c2cc3c(cc12)-c1ccccc1C3(C)C. The molecule has 0 saturated heterocycles. The molecule has 0 saturated carbocycles. The molecule has 2 N–H and O–H groups in total. The molecule has 4 heteroatoms. The zero-order valence-corrected chi connectivity index (χ0v) is 33.1. The Kier molecular flexibility index (Phi) is 9.38. The minimum atomic E-state index is -0.245. The maximum absolute atomic E-state index is 7.22. The lowest BCUT2D eigenvalue weighted by Gasteiger charge is -2.43. The molecule has 0 spiro atoms. The highest BCUT2D eigenvalue weighted by Crippen LogP contribution is 2.55. The topological polar surface area (TPSA) is 46.6 Å². The Labute approximate surface area is 327 Å². The van der Waals surface area contributed by atoms with E-state index in [0.717, 1.165) is 44.3 Å². The number of benzene rings is 6. The molecule has 0 amide bonds. The predicted molar refractivity (Wildman–Crippen MR) is 237 cm³/mol. The van der Waals surface area contributed by atoms with Gasteiger partial charge < -0.3 is 16.0 Å². The van der Waals surface area contributed by atoms with E-state index in [9.17, 15) is 0 Å². The highest BCUT2D eigenvalue weighted by atomic mass is 15.3. The van der Waals surface area contributed by atoms with Crippen LogP contribution in [0.3, 0.4) is 0 Å². The van der Waals surface area contributed by atoms with E-state index in [1.54, 1.807) is 0 Å². The Bertz CT molecular complexity index is 2510. The van der Waals surface area contributed by atoms with Gasteiger partial charge in [0.2, 0.25) is 0 Å². The lowest BCUT2D eigenvalue weighted by Crippen LogP contribution is -2.30. The van der Waals surface area contributed by atoms with Crippen LogP contribution in [0.4, 0.5) is 22.7 Å². The molecular weight excluding hydrogens is 669 g/mol. The van der Waals surface area contributed by atoms with E-state index in [2.05, 4.69) is 173 Å². The van der Waals surface area contributed by atoms with E-state index < -0.39 is 0 Å². The molecule has 0 fully saturated rings. The molecule has 276 valence electrons. The van der Waals surface area contributed by atoms with Gasteiger partial charge in [0.25, 0.3) is 0 Å². The van der Waals surface area contributed by atoms with E-state index >= 15 is 0 Å². The van der Waals surface area contributed by atoms with Crippen LogP contribution in [0.1, 0.15) is 82.6 Å². The van der Waals surface area contributed by atoms with Gasteiger partial charge in [-0.15, -0.1) is 0 Å². The van der Waals surface area contributed by atoms with Crippen LogP contribution in [0.15, 0.2) is 158 Å². The first-order valence-corrected chi connectivity index (χ1v) is 19.6. The van der Waals surface area contributed by atoms with E-state index in [1.807, 2.05) is 37.4 Å². The molecule has 0 radical (unpaired) electrons. The predicted octanol–water partition coefficient (Wildman–Crippen LogP) is 14.0. The quantitative estimate of drug-likeness (QED) is 0.0919. The van der Waals surface area contributed by atoms with Crippen molar-refractivity contribution in [2.24, 2.45) is 5.73 Å². The van der Waals surface area contributed by atoms with Crippen molar-refractivity contribution in [1.29, 1.82) is 0 Å². The lowest BCUT2D eigenvalue weighted by atomic mass is 9.81. The molecule has 1 unspecified atom stereocenters. The maximum Gasteiger partial charge on any atom is 0.108 e. The number of nitrogens with two attached hydrogens (primary N) is 1. The minimum absolute atomic E-state index is 0.192. The number of allylic oxidation sites excluding steroid dienone is 5. The van der Waals surface area contributed by atoms with Gasteiger partial charge in [-0.2, -0.15) is 6.20 Å². The van der Waals surface area contributed by atoms with Crippen LogP contribution in [0, 0.1) is 0 Å². The van der Waals surface area contributed by atoms with Gasteiger partial charge in [0.15, 0.2) is 0 Å². The summed E-state index contributed by atoms with van der Waals surface area (Å²) in [5.74, 6) is 1.49. The van der Waals surface area contributed by atoms with Gasteiger partial charge in [0.1, 0.15) is 5.82 Å². The number of hydrogen-bond acceptors (Lipinski definition) is 3. The second-order valence-electron chi connectivity index (χ2n) is 16.0. The third-order valence-electron chi connectivity index (χ3n) is 11.5. The van der Waals surface area contributed by atoms with Crippen molar-refractivity contribution in [3.8, 4) is 11.1 Å². The molecule has 6 aromatic carbocycles. The lowest BCUT2D eigenvalue weighted by molar-refractivity contribution is 0.661. The van der Waals surface area contributed by atoms with Gasteiger partial charge in [-0.1, -0.05) is 145 Å². The zero-order valence-electron chi connectivity index (χ0n) is 33.1. The zero-order chi connectivity index (χ0) is 38.4. The fourth-order valence-electron chi connectivity index (χ4n) is 8.50. The summed E-state index contributed by atoms with van der Waals surface area (Å²) in [5, 5.41) is 9.61. The van der Waals surface area contributed by atoms with E-state index in [4.69, 9.17) is 11.1 Å². The molecule has 0 aromatic heterocycles. The monoisotopic (exact) mass is 719 g/mol. The van der Waals surface area contributed by atoms with Gasteiger partial charge in [0.05, 0.1) is 11.4 Å². The number of rotatable bonds is 9. The number of fused-ring (bicyclic) bond motifs is 5. The molecule has 6 aromatic rings. The van der Waals surface area contributed by atoms with Crippen LogP contribution >= 0.6 is 0 Å². The molecule has 0 bridgehead atoms. The summed E-state index contributed by atoms with van der Waals surface area (Å²) in [5.41, 5.74) is 19.1. The number of nitrogens with zero attached hydrogens (tertiary/aromatic N) is 3. The summed E-state index contributed by atoms with van der Waals surface area (Å²) >= 11 is 0. The molecular formula is C51H51N4-. The van der Waals surface area contributed by atoms with Crippen molar-refractivity contribution in [3.63, 3.8) is 0 Å². The second kappa shape index (κ2) is 14.3. The number of anilines is 4. The Balaban J connectivity index is 1.53. The fourth-order valence-corrected chi connectivity index (χ4v) is 8.50. The van der Waals surface area contributed by atoms with Crippen molar-refractivity contribution >= 4 is 44.3 Å². The van der Waals surface area contributed by atoms with Crippen LogP contribution in [0.25, 0.3) is 38.0 Å². The van der Waals surface area contributed by atoms with Crippen LogP contribution in [0.2, 0.25) is 0 Å². The van der Waals surface area contributed by atoms with Gasteiger partial charge in [0, 0.05) is 38.3 Å². The van der Waals surface area contributed by atoms with Crippen LogP contribution in [0.5, 0.6) is 0 Å². The van der Waals surface area contributed by atoms with Gasteiger partial charge in [-0.3, -0.25) is 4.90 Å². The van der Waals surface area contributed by atoms with Crippen molar-refractivity contribution in [1.82, 2.24) is 0 Å². The van der Waals surface area contributed by atoms with Gasteiger partial charge in [-0.05, 0) is 101 Å². The van der Waals surface area contributed by atoms with Crippen molar-refractivity contribution in [3.05, 3.63) is 185 Å². The van der Waals surface area contributed by atoms with Crippen molar-refractivity contribution in [2.75, 3.05) is 9.80 Å². The van der Waals surface area contributed by atoms with Crippen LogP contribution < -0.4 is 15.5 Å². The van der Waals surface area contributed by atoms with E-state index in [-0.39, 0.29) is 11.6 Å². The third kappa shape index (κ3) is 6.20. The molecule has 4 nitrogen and oxygen atoms in total. The average Bonchev–Trinajstić information content (AvgIpc) is 3.43. The Morgan fingerprint density at radius 1 is 0.673 bits per heavy atom. The summed E-state index contributed by atoms with van der Waals surface area (Å²) in [4.78, 5) is 4.69. The standard InChI is InChI=1S/C51H51N4/c1-8-9-20-47(52)54(37-26-22-35(23-27-37)33(2)3)49-40-17-10-11-18-41(40)50(55(48-21-14-15-30-53-48)38-28-24-36(25-29-38)34(4)5)44-32-46-42(31-43(44)49)39-16-12-13-19-45(39)51(46,6)7/h8-34,48H,52H2,1-7H3/q-1/b9-8-,47-20+. The van der Waals surface area contributed by atoms with Crippen LogP contribution in [-0.4, -0.2) is 6.17 Å². The number of hydrogen-bond donors (Lipinski definition) is 1. The highest BCUT2D eigenvalue weighted by Gasteiger charge is 2.37. The fraction of sp³-hybridized carbons (Fsp3) is 0.216. The molecule has 55 heavy (non-hydrogen) atoms. The maximum atomic E-state index is 7.22. The largest absolute Gasteiger partial charge is 0.668 e. The average molecular weight is 720 g/mol. The molecule has 1 heterocycles. The first kappa shape index (κ1) is 36.0. The van der Waals surface area contributed by atoms with Crippen LogP contribution in [-0.2, 0) is 5.41 Å². The minimum Gasteiger partial charge on any atom is -0.668 e. The Morgan fingerprint density at radius 2 is 1.27 bits per heavy atom.